The zero-order valence-electron chi connectivity index (χ0n) is 14.3. The molecule has 0 radical (unpaired) electrons. The number of pyridine rings is 1. The first-order valence-electron chi connectivity index (χ1n) is 8.34. The molecule has 26 heavy (non-hydrogen) atoms. The molecule has 6 heteroatoms. The molecule has 0 fully saturated rings. The molecule has 1 heterocycles. The van der Waals surface area contributed by atoms with Gasteiger partial charge in [0.2, 0.25) is 5.88 Å². The molecule has 2 N–H and O–H groups in total. The number of aliphatic hydroxyl groups is 1. The third kappa shape index (κ3) is 3.11. The van der Waals surface area contributed by atoms with Crippen LogP contribution in [0.15, 0.2) is 58.3 Å². The fourth-order valence-corrected chi connectivity index (χ4v) is 2.81. The molecule has 0 bridgehead atoms. The standard InChI is InChI=1S/C20H19FN2O3/c1-2-13(12-24)22-11-16-14-7-3-4-8-15(14)19(25)23(20(16)26)18-10-6-5-9-17(18)21/h3-11,13,24,26H,2,12H2,1H3. The van der Waals surface area contributed by atoms with E-state index in [-0.39, 0.29) is 18.3 Å². The summed E-state index contributed by atoms with van der Waals surface area (Å²) < 4.78 is 15.2. The summed E-state index contributed by atoms with van der Waals surface area (Å²) in [5.74, 6) is -1.01. The number of para-hydroxylation sites is 1. The first kappa shape index (κ1) is 17.8. The molecule has 3 aromatic rings. The lowest BCUT2D eigenvalue weighted by atomic mass is 10.1. The van der Waals surface area contributed by atoms with Crippen LogP contribution in [-0.2, 0) is 0 Å². The van der Waals surface area contributed by atoms with Crippen LogP contribution in [0.3, 0.4) is 0 Å². The first-order chi connectivity index (χ1) is 12.6. The molecule has 5 nitrogen and oxygen atoms in total. The minimum Gasteiger partial charge on any atom is -0.494 e. The maximum absolute atomic E-state index is 14.3. The number of nitrogens with zero attached hydrogens (tertiary/aromatic N) is 2. The van der Waals surface area contributed by atoms with Crippen molar-refractivity contribution in [2.75, 3.05) is 6.61 Å². The summed E-state index contributed by atoms with van der Waals surface area (Å²) in [7, 11) is 0. The number of aromatic hydroxyl groups is 1. The summed E-state index contributed by atoms with van der Waals surface area (Å²) >= 11 is 0. The second-order valence-corrected chi connectivity index (χ2v) is 5.90. The summed E-state index contributed by atoms with van der Waals surface area (Å²) in [6, 6.07) is 12.2. The lowest BCUT2D eigenvalue weighted by Crippen LogP contribution is -2.21. The van der Waals surface area contributed by atoms with Gasteiger partial charge < -0.3 is 10.2 Å². The normalized spacial score (nSPS) is 12.7. The predicted molar refractivity (Wildman–Crippen MR) is 99.9 cm³/mol. The van der Waals surface area contributed by atoms with E-state index in [1.165, 1.54) is 24.4 Å². The number of aliphatic hydroxyl groups excluding tert-OH is 1. The lowest BCUT2D eigenvalue weighted by molar-refractivity contribution is 0.264. The monoisotopic (exact) mass is 354 g/mol. The van der Waals surface area contributed by atoms with Crippen LogP contribution in [0.1, 0.15) is 18.9 Å². The molecule has 0 aliphatic heterocycles. The Morgan fingerprint density at radius 3 is 2.46 bits per heavy atom. The van der Waals surface area contributed by atoms with Gasteiger partial charge in [0.1, 0.15) is 5.82 Å². The Morgan fingerprint density at radius 2 is 1.81 bits per heavy atom. The van der Waals surface area contributed by atoms with E-state index in [0.717, 1.165) is 4.57 Å². The predicted octanol–water partition coefficient (Wildman–Crippen LogP) is 3.03. The number of hydrogen-bond acceptors (Lipinski definition) is 4. The molecule has 2 aromatic carbocycles. The van der Waals surface area contributed by atoms with E-state index in [4.69, 9.17) is 0 Å². The third-order valence-electron chi connectivity index (χ3n) is 4.29. The van der Waals surface area contributed by atoms with Crippen LogP contribution in [0, 0.1) is 5.82 Å². The van der Waals surface area contributed by atoms with Crippen LogP contribution in [-0.4, -0.2) is 33.6 Å². The Bertz CT molecular complexity index is 1020. The fourth-order valence-electron chi connectivity index (χ4n) is 2.81. The van der Waals surface area contributed by atoms with Crippen molar-refractivity contribution in [3.63, 3.8) is 0 Å². The smallest absolute Gasteiger partial charge is 0.265 e. The Hall–Kier alpha value is -2.99. The second kappa shape index (κ2) is 7.49. The van der Waals surface area contributed by atoms with Gasteiger partial charge in [-0.15, -0.1) is 0 Å². The SMILES string of the molecule is CCC(CO)N=Cc1c(O)n(-c2ccccc2F)c(=O)c2ccccc12. The molecule has 1 atom stereocenters. The fraction of sp³-hybridized carbons (Fsp3) is 0.200. The number of aliphatic imine (C=N–C) groups is 1. The topological polar surface area (TPSA) is 74.8 Å². The van der Waals surface area contributed by atoms with Crippen molar-refractivity contribution in [1.82, 2.24) is 4.57 Å². The van der Waals surface area contributed by atoms with Gasteiger partial charge in [-0.05, 0) is 24.6 Å². The number of halogens is 1. The second-order valence-electron chi connectivity index (χ2n) is 5.90. The molecule has 1 aromatic heterocycles. The molecule has 0 aliphatic rings. The molecule has 0 saturated carbocycles. The van der Waals surface area contributed by atoms with Crippen LogP contribution in [0.25, 0.3) is 16.5 Å². The van der Waals surface area contributed by atoms with E-state index in [1.54, 1.807) is 30.3 Å². The van der Waals surface area contributed by atoms with Gasteiger partial charge in [-0.3, -0.25) is 9.79 Å². The minimum absolute atomic E-state index is 0.0374. The molecule has 0 saturated heterocycles. The highest BCUT2D eigenvalue weighted by atomic mass is 19.1. The van der Waals surface area contributed by atoms with Crippen molar-refractivity contribution in [3.8, 4) is 11.6 Å². The van der Waals surface area contributed by atoms with Crippen LogP contribution >= 0.6 is 0 Å². The molecule has 0 spiro atoms. The lowest BCUT2D eigenvalue weighted by Gasteiger charge is -2.14. The third-order valence-corrected chi connectivity index (χ3v) is 4.29. The Labute approximate surface area is 149 Å². The van der Waals surface area contributed by atoms with Gasteiger partial charge in [-0.25, -0.2) is 8.96 Å². The molecule has 0 aliphatic carbocycles. The number of aromatic nitrogens is 1. The van der Waals surface area contributed by atoms with E-state index in [9.17, 15) is 19.4 Å². The van der Waals surface area contributed by atoms with Crippen molar-refractivity contribution >= 4 is 17.0 Å². The van der Waals surface area contributed by atoms with Gasteiger partial charge in [0.15, 0.2) is 0 Å². The number of benzene rings is 2. The Balaban J connectivity index is 2.34. The van der Waals surface area contributed by atoms with E-state index < -0.39 is 17.3 Å². The van der Waals surface area contributed by atoms with E-state index >= 15 is 0 Å². The van der Waals surface area contributed by atoms with E-state index in [0.29, 0.717) is 22.8 Å². The Morgan fingerprint density at radius 1 is 1.15 bits per heavy atom. The molecule has 0 amide bonds. The van der Waals surface area contributed by atoms with Crippen molar-refractivity contribution < 1.29 is 14.6 Å². The quantitative estimate of drug-likeness (QED) is 0.692. The van der Waals surface area contributed by atoms with Gasteiger partial charge in [0.25, 0.3) is 5.56 Å². The molecule has 1 unspecified atom stereocenters. The maximum atomic E-state index is 14.3. The number of rotatable bonds is 5. The summed E-state index contributed by atoms with van der Waals surface area (Å²) in [5, 5.41) is 20.9. The first-order valence-corrected chi connectivity index (χ1v) is 8.34. The zero-order chi connectivity index (χ0) is 18.7. The summed E-state index contributed by atoms with van der Waals surface area (Å²) in [6.45, 7) is 1.76. The van der Waals surface area contributed by atoms with Crippen molar-refractivity contribution in [1.29, 1.82) is 0 Å². The molecular weight excluding hydrogens is 335 g/mol. The van der Waals surface area contributed by atoms with Crippen molar-refractivity contribution in [3.05, 3.63) is 70.3 Å². The highest BCUT2D eigenvalue weighted by molar-refractivity contribution is 6.01. The maximum Gasteiger partial charge on any atom is 0.265 e. The van der Waals surface area contributed by atoms with Crippen molar-refractivity contribution in [2.24, 2.45) is 4.99 Å². The van der Waals surface area contributed by atoms with Crippen LogP contribution in [0.2, 0.25) is 0 Å². The zero-order valence-corrected chi connectivity index (χ0v) is 14.3. The van der Waals surface area contributed by atoms with Gasteiger partial charge in [-0.1, -0.05) is 37.3 Å². The van der Waals surface area contributed by atoms with Gasteiger partial charge in [-0.2, -0.15) is 0 Å². The largest absolute Gasteiger partial charge is 0.494 e. The Kier molecular flexibility index (Phi) is 5.14. The molecule has 3 rings (SSSR count). The van der Waals surface area contributed by atoms with Crippen LogP contribution < -0.4 is 5.56 Å². The van der Waals surface area contributed by atoms with Crippen LogP contribution in [0.4, 0.5) is 4.39 Å². The summed E-state index contributed by atoms with van der Waals surface area (Å²) in [5.41, 5.74) is -0.255. The summed E-state index contributed by atoms with van der Waals surface area (Å²) in [6.07, 6.45) is 2.05. The van der Waals surface area contributed by atoms with E-state index in [2.05, 4.69) is 4.99 Å². The van der Waals surface area contributed by atoms with E-state index in [1.807, 2.05) is 6.92 Å². The molecule has 134 valence electrons. The van der Waals surface area contributed by atoms with Crippen molar-refractivity contribution in [2.45, 2.75) is 19.4 Å². The number of fused-ring (bicyclic) bond motifs is 1. The highest BCUT2D eigenvalue weighted by Gasteiger charge is 2.18. The van der Waals surface area contributed by atoms with Gasteiger partial charge >= 0.3 is 0 Å². The molecular formula is C20H19FN2O3. The van der Waals surface area contributed by atoms with Gasteiger partial charge in [0, 0.05) is 17.0 Å². The van der Waals surface area contributed by atoms with Gasteiger partial charge in [0.05, 0.1) is 23.9 Å². The number of hydrogen-bond donors (Lipinski definition) is 2. The average Bonchev–Trinajstić information content (AvgIpc) is 2.66. The highest BCUT2D eigenvalue weighted by Crippen LogP contribution is 2.27. The van der Waals surface area contributed by atoms with Crippen LogP contribution in [0.5, 0.6) is 5.88 Å². The summed E-state index contributed by atoms with van der Waals surface area (Å²) in [4.78, 5) is 17.1. The minimum atomic E-state index is -0.620. The average molecular weight is 354 g/mol.